The molecule has 6 heteroatoms. The first-order valence-electron chi connectivity index (χ1n) is 9.11. The fourth-order valence-corrected chi connectivity index (χ4v) is 4.42. The van der Waals surface area contributed by atoms with Crippen LogP contribution in [-0.2, 0) is 14.8 Å². The molecule has 0 saturated carbocycles. The maximum absolute atomic E-state index is 12.9. The molecule has 0 N–H and O–H groups in total. The van der Waals surface area contributed by atoms with E-state index in [1.165, 1.54) is 10.6 Å². The van der Waals surface area contributed by atoms with Gasteiger partial charge in [0.25, 0.3) is 0 Å². The standard InChI is InChI=1S/C19H30N2O3S/c1-5-16-10-8-9-13-20(16)19(22)14-21(25(4,23)24)18-12-7-6-11-17(18)15(2)3/h6-7,11-12,15-16H,5,8-10,13-14H2,1-4H3. The van der Waals surface area contributed by atoms with Crippen LogP contribution >= 0.6 is 0 Å². The third-order valence-electron chi connectivity index (χ3n) is 4.93. The number of rotatable bonds is 6. The van der Waals surface area contributed by atoms with Crippen LogP contribution in [0.4, 0.5) is 5.69 Å². The number of carbonyl (C=O) groups is 1. The predicted molar refractivity (Wildman–Crippen MR) is 102 cm³/mol. The van der Waals surface area contributed by atoms with Crippen LogP contribution in [-0.4, -0.2) is 44.6 Å². The number of hydrogen-bond acceptors (Lipinski definition) is 3. The zero-order valence-electron chi connectivity index (χ0n) is 15.7. The van der Waals surface area contributed by atoms with Gasteiger partial charge in [-0.25, -0.2) is 8.42 Å². The van der Waals surface area contributed by atoms with Crippen LogP contribution in [0, 0.1) is 0 Å². The van der Waals surface area contributed by atoms with E-state index in [1.54, 1.807) is 6.07 Å². The molecule has 1 saturated heterocycles. The lowest BCUT2D eigenvalue weighted by atomic mass is 9.99. The monoisotopic (exact) mass is 366 g/mol. The largest absolute Gasteiger partial charge is 0.338 e. The molecule has 1 aliphatic rings. The van der Waals surface area contributed by atoms with Crippen molar-refractivity contribution in [2.24, 2.45) is 0 Å². The van der Waals surface area contributed by atoms with Crippen molar-refractivity contribution in [2.45, 2.75) is 58.4 Å². The number of para-hydroxylation sites is 1. The Hall–Kier alpha value is -1.56. The summed E-state index contributed by atoms with van der Waals surface area (Å²) in [6.07, 6.45) is 5.21. The van der Waals surface area contributed by atoms with Crippen molar-refractivity contribution in [3.05, 3.63) is 29.8 Å². The maximum Gasteiger partial charge on any atom is 0.243 e. The predicted octanol–water partition coefficient (Wildman–Crippen LogP) is 3.37. The van der Waals surface area contributed by atoms with E-state index in [9.17, 15) is 13.2 Å². The molecule has 5 nitrogen and oxygen atoms in total. The second-order valence-electron chi connectivity index (χ2n) is 7.13. The summed E-state index contributed by atoms with van der Waals surface area (Å²) in [6.45, 7) is 6.73. The number of hydrogen-bond donors (Lipinski definition) is 0. The number of piperidine rings is 1. The van der Waals surface area contributed by atoms with Crippen LogP contribution in [0.25, 0.3) is 0 Å². The first-order valence-corrected chi connectivity index (χ1v) is 11.0. The van der Waals surface area contributed by atoms with Crippen molar-refractivity contribution in [1.82, 2.24) is 4.90 Å². The molecule has 0 aromatic heterocycles. The van der Waals surface area contributed by atoms with Gasteiger partial charge in [-0.2, -0.15) is 0 Å². The fraction of sp³-hybridized carbons (Fsp3) is 0.632. The fourth-order valence-electron chi connectivity index (χ4n) is 3.55. The summed E-state index contributed by atoms with van der Waals surface area (Å²) >= 11 is 0. The van der Waals surface area contributed by atoms with E-state index in [4.69, 9.17) is 0 Å². The zero-order valence-corrected chi connectivity index (χ0v) is 16.6. The molecule has 1 heterocycles. The zero-order chi connectivity index (χ0) is 18.6. The SMILES string of the molecule is CCC1CCCCN1C(=O)CN(c1ccccc1C(C)C)S(C)(=O)=O. The molecule has 25 heavy (non-hydrogen) atoms. The highest BCUT2D eigenvalue weighted by Crippen LogP contribution is 2.29. The van der Waals surface area contributed by atoms with Gasteiger partial charge >= 0.3 is 0 Å². The quantitative estimate of drug-likeness (QED) is 0.776. The third kappa shape index (κ3) is 4.75. The van der Waals surface area contributed by atoms with Crippen LogP contribution in [0.5, 0.6) is 0 Å². The topological polar surface area (TPSA) is 57.7 Å². The molecule has 0 radical (unpaired) electrons. The Morgan fingerprint density at radius 3 is 2.56 bits per heavy atom. The van der Waals surface area contributed by atoms with Gasteiger partial charge in [-0.3, -0.25) is 9.10 Å². The lowest BCUT2D eigenvalue weighted by Gasteiger charge is -2.37. The van der Waals surface area contributed by atoms with Gasteiger partial charge < -0.3 is 4.90 Å². The summed E-state index contributed by atoms with van der Waals surface area (Å²) in [4.78, 5) is 14.8. The number of anilines is 1. The minimum absolute atomic E-state index is 0.101. The number of benzene rings is 1. The first-order chi connectivity index (χ1) is 11.8. The molecule has 1 fully saturated rings. The average molecular weight is 367 g/mol. The van der Waals surface area contributed by atoms with Gasteiger partial charge in [-0.15, -0.1) is 0 Å². The molecule has 1 unspecified atom stereocenters. The molecule has 2 rings (SSSR count). The molecule has 1 aromatic carbocycles. The van der Waals surface area contributed by atoms with Crippen molar-refractivity contribution < 1.29 is 13.2 Å². The van der Waals surface area contributed by atoms with E-state index < -0.39 is 10.0 Å². The number of likely N-dealkylation sites (tertiary alicyclic amines) is 1. The molecule has 0 bridgehead atoms. The Labute approximate surface area is 152 Å². The van der Waals surface area contributed by atoms with Crippen LogP contribution in [0.2, 0.25) is 0 Å². The highest BCUT2D eigenvalue weighted by atomic mass is 32.2. The van der Waals surface area contributed by atoms with Crippen molar-refractivity contribution in [3.8, 4) is 0 Å². The van der Waals surface area contributed by atoms with Crippen LogP contribution in [0.15, 0.2) is 24.3 Å². The van der Waals surface area contributed by atoms with Crippen LogP contribution in [0.1, 0.15) is 57.9 Å². The van der Waals surface area contributed by atoms with E-state index >= 15 is 0 Å². The smallest absolute Gasteiger partial charge is 0.243 e. The average Bonchev–Trinajstić information content (AvgIpc) is 2.58. The van der Waals surface area contributed by atoms with Gasteiger partial charge in [0.15, 0.2) is 0 Å². The van der Waals surface area contributed by atoms with Crippen LogP contribution in [0.3, 0.4) is 0 Å². The number of amides is 1. The highest BCUT2D eigenvalue weighted by molar-refractivity contribution is 7.92. The lowest BCUT2D eigenvalue weighted by molar-refractivity contribution is -0.133. The summed E-state index contributed by atoms with van der Waals surface area (Å²) in [7, 11) is -3.55. The van der Waals surface area contributed by atoms with Gasteiger partial charge in [0.1, 0.15) is 6.54 Å². The Morgan fingerprint density at radius 2 is 1.96 bits per heavy atom. The Bertz CT molecular complexity index is 700. The highest BCUT2D eigenvalue weighted by Gasteiger charge is 2.30. The van der Waals surface area contributed by atoms with E-state index in [2.05, 4.69) is 6.92 Å². The summed E-state index contributed by atoms with van der Waals surface area (Å²) in [5.74, 6) is 0.0736. The van der Waals surface area contributed by atoms with Crippen molar-refractivity contribution in [2.75, 3.05) is 23.7 Å². The number of carbonyl (C=O) groups excluding carboxylic acids is 1. The molecular formula is C19H30N2O3S. The molecule has 1 amide bonds. The molecular weight excluding hydrogens is 336 g/mol. The molecule has 140 valence electrons. The van der Waals surface area contributed by atoms with Crippen LogP contribution < -0.4 is 4.31 Å². The van der Waals surface area contributed by atoms with Crippen molar-refractivity contribution >= 4 is 21.6 Å². The van der Waals surface area contributed by atoms with Gasteiger partial charge in [-0.1, -0.05) is 39.0 Å². The van der Waals surface area contributed by atoms with Gasteiger partial charge in [-0.05, 0) is 43.2 Å². The van der Waals surface area contributed by atoms with E-state index in [-0.39, 0.29) is 24.4 Å². The Morgan fingerprint density at radius 1 is 1.28 bits per heavy atom. The van der Waals surface area contributed by atoms with E-state index in [1.807, 2.05) is 36.9 Å². The molecule has 1 atom stereocenters. The summed E-state index contributed by atoms with van der Waals surface area (Å²) in [5.41, 5.74) is 1.55. The number of sulfonamides is 1. The van der Waals surface area contributed by atoms with Crippen molar-refractivity contribution in [3.63, 3.8) is 0 Å². The molecule has 1 aliphatic heterocycles. The summed E-state index contributed by atoms with van der Waals surface area (Å²) < 4.78 is 26.1. The minimum Gasteiger partial charge on any atom is -0.338 e. The minimum atomic E-state index is -3.55. The summed E-state index contributed by atoms with van der Waals surface area (Å²) in [6, 6.07) is 7.66. The second kappa shape index (κ2) is 8.21. The van der Waals surface area contributed by atoms with E-state index in [0.29, 0.717) is 5.69 Å². The molecule has 0 aliphatic carbocycles. The lowest BCUT2D eigenvalue weighted by Crippen LogP contribution is -2.49. The second-order valence-corrected chi connectivity index (χ2v) is 9.03. The van der Waals surface area contributed by atoms with Gasteiger partial charge in [0.2, 0.25) is 15.9 Å². The normalized spacial score (nSPS) is 18.4. The Kier molecular flexibility index (Phi) is 6.49. The van der Waals surface area contributed by atoms with Gasteiger partial charge in [0.05, 0.1) is 11.9 Å². The molecule has 1 aromatic rings. The van der Waals surface area contributed by atoms with E-state index in [0.717, 1.165) is 37.8 Å². The maximum atomic E-state index is 12.9. The first kappa shape index (κ1) is 19.8. The number of nitrogens with zero attached hydrogens (tertiary/aromatic N) is 2. The third-order valence-corrected chi connectivity index (χ3v) is 6.05. The van der Waals surface area contributed by atoms with Gasteiger partial charge in [0, 0.05) is 12.6 Å². The molecule has 0 spiro atoms. The van der Waals surface area contributed by atoms with Crippen molar-refractivity contribution in [1.29, 1.82) is 0 Å². The summed E-state index contributed by atoms with van der Waals surface area (Å²) in [5, 5.41) is 0. The Balaban J connectivity index is 2.32.